The zero-order chi connectivity index (χ0) is 19.1. The van der Waals surface area contributed by atoms with Crippen molar-refractivity contribution in [2.45, 2.75) is 13.1 Å². The number of hydrogen-bond donors (Lipinski definition) is 2. The maximum Gasteiger partial charge on any atom is 0.255 e. The predicted octanol–water partition coefficient (Wildman–Crippen LogP) is 3.15. The minimum absolute atomic E-state index is 0.204. The molecule has 0 aliphatic heterocycles. The van der Waals surface area contributed by atoms with Gasteiger partial charge in [-0.15, -0.1) is 0 Å². The van der Waals surface area contributed by atoms with Crippen molar-refractivity contribution in [3.8, 4) is 5.75 Å². The first-order valence-corrected chi connectivity index (χ1v) is 8.48. The number of carbonyl (C=O) groups is 2. The number of furan rings is 1. The molecule has 0 fully saturated rings. The van der Waals surface area contributed by atoms with Gasteiger partial charge in [-0.2, -0.15) is 0 Å². The number of methoxy groups -OCH3 is 1. The van der Waals surface area contributed by atoms with Crippen molar-refractivity contribution < 1.29 is 18.7 Å². The summed E-state index contributed by atoms with van der Waals surface area (Å²) in [6.07, 6.45) is 1.56. The van der Waals surface area contributed by atoms with Crippen molar-refractivity contribution in [3.05, 3.63) is 89.4 Å². The molecule has 1 aromatic heterocycles. The lowest BCUT2D eigenvalue weighted by atomic mass is 10.1. The maximum atomic E-state index is 12.4. The smallest absolute Gasteiger partial charge is 0.255 e. The minimum atomic E-state index is -0.236. The fourth-order valence-electron chi connectivity index (χ4n) is 2.61. The van der Waals surface area contributed by atoms with Crippen LogP contribution in [0.4, 0.5) is 0 Å². The molecule has 27 heavy (non-hydrogen) atoms. The first-order chi connectivity index (χ1) is 13.2. The monoisotopic (exact) mass is 364 g/mol. The van der Waals surface area contributed by atoms with E-state index in [1.165, 1.54) is 7.11 Å². The zero-order valence-corrected chi connectivity index (χ0v) is 14.9. The predicted molar refractivity (Wildman–Crippen MR) is 100 cm³/mol. The lowest BCUT2D eigenvalue weighted by Crippen LogP contribution is -2.24. The Balaban J connectivity index is 1.60. The van der Waals surface area contributed by atoms with Crippen LogP contribution in [-0.2, 0) is 13.1 Å². The molecule has 0 bridgehead atoms. The molecule has 3 rings (SSSR count). The molecular weight excluding hydrogens is 344 g/mol. The first kappa shape index (κ1) is 18.3. The summed E-state index contributed by atoms with van der Waals surface area (Å²) in [7, 11) is 1.52. The first-order valence-electron chi connectivity index (χ1n) is 8.48. The van der Waals surface area contributed by atoms with Crippen LogP contribution in [-0.4, -0.2) is 18.9 Å². The second kappa shape index (κ2) is 8.71. The van der Waals surface area contributed by atoms with Gasteiger partial charge >= 0.3 is 0 Å². The summed E-state index contributed by atoms with van der Waals surface area (Å²) < 4.78 is 10.4. The number of para-hydroxylation sites is 1. The zero-order valence-electron chi connectivity index (χ0n) is 14.9. The highest BCUT2D eigenvalue weighted by Crippen LogP contribution is 2.17. The average molecular weight is 364 g/mol. The molecule has 2 N–H and O–H groups in total. The number of amides is 2. The number of ether oxygens (including phenoxy) is 1. The number of benzene rings is 2. The van der Waals surface area contributed by atoms with E-state index in [9.17, 15) is 9.59 Å². The summed E-state index contributed by atoms with van der Waals surface area (Å²) in [5.41, 5.74) is 1.81. The summed E-state index contributed by atoms with van der Waals surface area (Å²) in [5, 5.41) is 5.64. The molecule has 0 atom stereocenters. The van der Waals surface area contributed by atoms with Gasteiger partial charge in [-0.3, -0.25) is 9.59 Å². The van der Waals surface area contributed by atoms with Crippen molar-refractivity contribution in [2.24, 2.45) is 0 Å². The van der Waals surface area contributed by atoms with Crippen LogP contribution in [0.15, 0.2) is 71.3 Å². The number of nitrogens with one attached hydrogen (secondary N) is 2. The van der Waals surface area contributed by atoms with E-state index in [0.717, 1.165) is 5.56 Å². The summed E-state index contributed by atoms with van der Waals surface area (Å²) in [6.45, 7) is 0.622. The van der Waals surface area contributed by atoms with Gasteiger partial charge in [-0.05, 0) is 42.0 Å². The second-order valence-electron chi connectivity index (χ2n) is 5.85. The number of hydrogen-bond acceptors (Lipinski definition) is 4. The fourth-order valence-corrected chi connectivity index (χ4v) is 2.61. The lowest BCUT2D eigenvalue weighted by Gasteiger charge is -2.10. The highest BCUT2D eigenvalue weighted by atomic mass is 16.5. The molecule has 0 saturated heterocycles. The van der Waals surface area contributed by atoms with Gasteiger partial charge in [0.05, 0.1) is 25.5 Å². The van der Waals surface area contributed by atoms with Crippen molar-refractivity contribution in [1.29, 1.82) is 0 Å². The highest BCUT2D eigenvalue weighted by Gasteiger charge is 2.12. The Bertz CT molecular complexity index is 919. The molecule has 6 nitrogen and oxygen atoms in total. The van der Waals surface area contributed by atoms with Gasteiger partial charge in [-0.1, -0.05) is 24.3 Å². The van der Waals surface area contributed by atoms with Crippen LogP contribution in [0.25, 0.3) is 0 Å². The minimum Gasteiger partial charge on any atom is -0.496 e. The fraction of sp³-hybridized carbons (Fsp3) is 0.143. The normalized spacial score (nSPS) is 10.3. The van der Waals surface area contributed by atoms with Crippen LogP contribution in [0.2, 0.25) is 0 Å². The van der Waals surface area contributed by atoms with Crippen molar-refractivity contribution in [3.63, 3.8) is 0 Å². The van der Waals surface area contributed by atoms with Gasteiger partial charge in [0.2, 0.25) is 0 Å². The second-order valence-corrected chi connectivity index (χ2v) is 5.85. The Morgan fingerprint density at radius 3 is 2.52 bits per heavy atom. The van der Waals surface area contributed by atoms with E-state index in [4.69, 9.17) is 9.15 Å². The Labute approximate surface area is 157 Å². The molecule has 0 radical (unpaired) electrons. The Hall–Kier alpha value is -3.54. The van der Waals surface area contributed by atoms with Gasteiger partial charge in [0.1, 0.15) is 11.5 Å². The molecular formula is C21H20N2O4. The highest BCUT2D eigenvalue weighted by molar-refractivity contribution is 5.97. The molecule has 0 unspecified atom stereocenters. The van der Waals surface area contributed by atoms with Crippen molar-refractivity contribution in [1.82, 2.24) is 10.6 Å². The maximum absolute atomic E-state index is 12.4. The standard InChI is InChI=1S/C21H20N2O4/c1-26-19-10-3-2-9-18(19)21(25)22-13-15-6-4-7-16(12-15)20(24)23-14-17-8-5-11-27-17/h2-12H,13-14H2,1H3,(H,22,25)(H,23,24). The van der Waals surface area contributed by atoms with Crippen LogP contribution in [0, 0.1) is 0 Å². The summed E-state index contributed by atoms with van der Waals surface area (Å²) in [5.74, 6) is 0.758. The van der Waals surface area contributed by atoms with Gasteiger partial charge < -0.3 is 19.8 Å². The molecule has 2 amide bonds. The molecule has 2 aromatic carbocycles. The molecule has 138 valence electrons. The van der Waals surface area contributed by atoms with Crippen molar-refractivity contribution >= 4 is 11.8 Å². The van der Waals surface area contributed by atoms with Gasteiger partial charge in [0, 0.05) is 12.1 Å². The van der Waals surface area contributed by atoms with Crippen molar-refractivity contribution in [2.75, 3.05) is 7.11 Å². The van der Waals surface area contributed by atoms with Gasteiger partial charge in [0.15, 0.2) is 0 Å². The molecule has 0 aliphatic rings. The largest absolute Gasteiger partial charge is 0.496 e. The molecule has 6 heteroatoms. The number of carbonyl (C=O) groups excluding carboxylic acids is 2. The van der Waals surface area contributed by atoms with Gasteiger partial charge in [-0.25, -0.2) is 0 Å². The summed E-state index contributed by atoms with van der Waals surface area (Å²) in [6, 6.07) is 17.7. The van der Waals surface area contributed by atoms with E-state index in [0.29, 0.717) is 35.7 Å². The topological polar surface area (TPSA) is 80.6 Å². The van der Waals surface area contributed by atoms with E-state index in [2.05, 4.69) is 10.6 Å². The summed E-state index contributed by atoms with van der Waals surface area (Å²) >= 11 is 0. The number of rotatable bonds is 7. The third-order valence-corrected chi connectivity index (χ3v) is 4.00. The Morgan fingerprint density at radius 1 is 0.926 bits per heavy atom. The molecule has 3 aromatic rings. The van der Waals surface area contributed by atoms with Crippen LogP contribution < -0.4 is 15.4 Å². The Kier molecular flexibility index (Phi) is 5.89. The Morgan fingerprint density at radius 2 is 1.74 bits per heavy atom. The van der Waals surface area contributed by atoms with Crippen LogP contribution in [0.1, 0.15) is 32.0 Å². The van der Waals surface area contributed by atoms with Crippen LogP contribution >= 0.6 is 0 Å². The van der Waals surface area contributed by atoms with E-state index in [1.807, 2.05) is 6.07 Å². The third kappa shape index (κ3) is 4.76. The van der Waals surface area contributed by atoms with Crippen LogP contribution in [0.5, 0.6) is 5.75 Å². The van der Waals surface area contributed by atoms with Gasteiger partial charge in [0.25, 0.3) is 11.8 Å². The molecule has 0 saturated carbocycles. The van der Waals surface area contributed by atoms with E-state index in [1.54, 1.807) is 60.9 Å². The summed E-state index contributed by atoms with van der Waals surface area (Å²) in [4.78, 5) is 24.6. The third-order valence-electron chi connectivity index (χ3n) is 4.00. The van der Waals surface area contributed by atoms with Crippen LogP contribution in [0.3, 0.4) is 0 Å². The molecule has 1 heterocycles. The quantitative estimate of drug-likeness (QED) is 0.675. The molecule has 0 spiro atoms. The van der Waals surface area contributed by atoms with E-state index < -0.39 is 0 Å². The SMILES string of the molecule is COc1ccccc1C(=O)NCc1cccc(C(=O)NCc2ccco2)c1. The van der Waals surface area contributed by atoms with E-state index >= 15 is 0 Å². The average Bonchev–Trinajstić information content (AvgIpc) is 3.24. The lowest BCUT2D eigenvalue weighted by molar-refractivity contribution is 0.0942. The molecule has 0 aliphatic carbocycles. The van der Waals surface area contributed by atoms with E-state index in [-0.39, 0.29) is 11.8 Å².